The van der Waals surface area contributed by atoms with Gasteiger partial charge in [-0.3, -0.25) is 0 Å². The molecule has 194 valence electrons. The van der Waals surface area contributed by atoms with Crippen LogP contribution in [0.15, 0.2) is 42.5 Å². The topological polar surface area (TPSA) is 114 Å². The third-order valence-electron chi connectivity index (χ3n) is 7.49. The van der Waals surface area contributed by atoms with Crippen LogP contribution in [0.4, 0.5) is 4.79 Å². The second-order valence-corrected chi connectivity index (χ2v) is 9.99. The number of hydrogen-bond acceptors (Lipinski definition) is 7. The van der Waals surface area contributed by atoms with Gasteiger partial charge in [-0.1, -0.05) is 31.0 Å². The van der Waals surface area contributed by atoms with Gasteiger partial charge in [0.2, 0.25) is 6.79 Å². The van der Waals surface area contributed by atoms with Crippen LogP contribution >= 0.6 is 0 Å². The number of fused-ring (bicyclic) bond motifs is 1. The summed E-state index contributed by atoms with van der Waals surface area (Å²) in [5.74, 6) is 0.204. The monoisotopic (exact) mass is 497 g/mol. The SMILES string of the molecule is CC(C)OC(=O)OCOc1ccc2c(c1)[C@@]13CCCC[C@@H]1[C@H](C2)NCC3.O=C(O)c1ccccc1O. The molecule has 0 aromatic heterocycles. The molecule has 1 saturated heterocycles. The quantitative estimate of drug-likeness (QED) is 0.390. The van der Waals surface area contributed by atoms with Gasteiger partial charge in [0, 0.05) is 11.5 Å². The molecule has 1 aliphatic heterocycles. The van der Waals surface area contributed by atoms with E-state index in [-0.39, 0.29) is 24.2 Å². The summed E-state index contributed by atoms with van der Waals surface area (Å²) in [6, 6.07) is 12.8. The standard InChI is InChI=1S/C21H29NO4.C7H6O3/c1-14(2)26-20(23)25-13-24-16-7-6-15-11-19-17-5-3-4-8-21(17,9-10-22-19)18(15)12-16;8-6-4-2-1-3-5(6)7(9)10/h6-7,12,14,17,19,22H,3-5,8-11,13H2,1-2H3;1-4,8H,(H,9,10)/t17-,19+,21-;/m1./s1. The zero-order chi connectivity index (χ0) is 25.7. The predicted molar refractivity (Wildman–Crippen MR) is 133 cm³/mol. The molecule has 2 aromatic carbocycles. The molecule has 1 saturated carbocycles. The number of ether oxygens (including phenoxy) is 3. The van der Waals surface area contributed by atoms with E-state index in [1.807, 2.05) is 6.07 Å². The van der Waals surface area contributed by atoms with Gasteiger partial charge in [0.05, 0.1) is 6.10 Å². The van der Waals surface area contributed by atoms with Gasteiger partial charge in [-0.2, -0.15) is 0 Å². The summed E-state index contributed by atoms with van der Waals surface area (Å²) in [6.45, 7) is 4.57. The van der Waals surface area contributed by atoms with Crippen molar-refractivity contribution >= 4 is 12.1 Å². The van der Waals surface area contributed by atoms with E-state index < -0.39 is 12.1 Å². The molecule has 0 spiro atoms. The summed E-state index contributed by atoms with van der Waals surface area (Å²) >= 11 is 0. The van der Waals surface area contributed by atoms with Crippen LogP contribution in [-0.4, -0.2) is 47.8 Å². The van der Waals surface area contributed by atoms with Crippen molar-refractivity contribution < 1.29 is 34.0 Å². The molecule has 0 unspecified atom stereocenters. The van der Waals surface area contributed by atoms with Crippen LogP contribution < -0.4 is 10.1 Å². The summed E-state index contributed by atoms with van der Waals surface area (Å²) < 4.78 is 15.6. The highest BCUT2D eigenvalue weighted by molar-refractivity contribution is 5.90. The van der Waals surface area contributed by atoms with E-state index in [0.717, 1.165) is 24.6 Å². The molecule has 8 nitrogen and oxygen atoms in total. The van der Waals surface area contributed by atoms with Gasteiger partial charge in [-0.15, -0.1) is 0 Å². The highest BCUT2D eigenvalue weighted by atomic mass is 16.8. The van der Waals surface area contributed by atoms with E-state index in [1.165, 1.54) is 55.4 Å². The van der Waals surface area contributed by atoms with Gasteiger partial charge >= 0.3 is 12.1 Å². The first-order chi connectivity index (χ1) is 17.3. The van der Waals surface area contributed by atoms with Crippen LogP contribution in [0.2, 0.25) is 0 Å². The first-order valence-corrected chi connectivity index (χ1v) is 12.6. The van der Waals surface area contributed by atoms with Crippen molar-refractivity contribution in [3.05, 3.63) is 59.2 Å². The normalized spacial score (nSPS) is 23.9. The van der Waals surface area contributed by atoms with Gasteiger partial charge < -0.3 is 29.7 Å². The minimum absolute atomic E-state index is 0.0671. The summed E-state index contributed by atoms with van der Waals surface area (Å²) in [4.78, 5) is 21.7. The lowest BCUT2D eigenvalue weighted by Crippen LogP contribution is -2.59. The van der Waals surface area contributed by atoms with Gasteiger partial charge in [-0.25, -0.2) is 9.59 Å². The van der Waals surface area contributed by atoms with Crippen LogP contribution in [-0.2, 0) is 21.3 Å². The van der Waals surface area contributed by atoms with Crippen molar-refractivity contribution in [3.8, 4) is 11.5 Å². The Labute approximate surface area is 211 Å². The molecule has 2 bridgehead atoms. The molecule has 2 fully saturated rings. The average Bonchev–Trinajstić information content (AvgIpc) is 2.84. The molecule has 2 aromatic rings. The molecule has 3 N–H and O–H groups in total. The fraction of sp³-hybridized carbons (Fsp3) is 0.500. The largest absolute Gasteiger partial charge is 0.511 e. The number of carboxylic acids is 1. The maximum atomic E-state index is 11.5. The molecular formula is C28H35NO7. The first kappa shape index (κ1) is 25.8. The molecule has 1 heterocycles. The smallest absolute Gasteiger partial charge is 0.507 e. The lowest BCUT2D eigenvalue weighted by Gasteiger charge is -2.56. The van der Waals surface area contributed by atoms with Gasteiger partial charge in [0.15, 0.2) is 0 Å². The lowest BCUT2D eigenvalue weighted by atomic mass is 9.53. The number of rotatable bonds is 5. The van der Waals surface area contributed by atoms with Crippen LogP contribution in [0.25, 0.3) is 0 Å². The number of carbonyl (C=O) groups excluding carboxylic acids is 1. The molecule has 3 aliphatic rings. The zero-order valence-corrected chi connectivity index (χ0v) is 20.9. The maximum absolute atomic E-state index is 11.5. The number of hydrogen-bond donors (Lipinski definition) is 3. The molecule has 3 atom stereocenters. The van der Waals surface area contributed by atoms with E-state index in [0.29, 0.717) is 11.5 Å². The van der Waals surface area contributed by atoms with E-state index in [9.17, 15) is 9.59 Å². The van der Waals surface area contributed by atoms with Crippen molar-refractivity contribution in [2.75, 3.05) is 13.3 Å². The summed E-state index contributed by atoms with van der Waals surface area (Å²) in [5.41, 5.74) is 3.16. The third kappa shape index (κ3) is 5.59. The number of benzene rings is 2. The van der Waals surface area contributed by atoms with Crippen molar-refractivity contribution in [2.24, 2.45) is 5.92 Å². The number of piperidine rings is 1. The lowest BCUT2D eigenvalue weighted by molar-refractivity contribution is -0.00836. The van der Waals surface area contributed by atoms with Crippen molar-refractivity contribution in [1.29, 1.82) is 0 Å². The maximum Gasteiger partial charge on any atom is 0.511 e. The number of carbonyl (C=O) groups is 2. The Morgan fingerprint density at radius 3 is 2.67 bits per heavy atom. The van der Waals surface area contributed by atoms with Crippen LogP contribution in [0, 0.1) is 5.92 Å². The highest BCUT2D eigenvalue weighted by Crippen LogP contribution is 2.54. The number of carboxylic acid groups (broad SMARTS) is 1. The molecule has 8 heteroatoms. The Balaban J connectivity index is 0.000000256. The number of para-hydroxylation sites is 1. The Hall–Kier alpha value is -3.26. The molecule has 2 aliphatic carbocycles. The summed E-state index contributed by atoms with van der Waals surface area (Å²) in [7, 11) is 0. The minimum atomic E-state index is -1.11. The highest BCUT2D eigenvalue weighted by Gasteiger charge is 2.51. The third-order valence-corrected chi connectivity index (χ3v) is 7.49. The number of nitrogens with one attached hydrogen (secondary N) is 1. The summed E-state index contributed by atoms with van der Waals surface area (Å²) in [6.07, 6.45) is 6.71. The molecule has 5 rings (SSSR count). The van der Waals surface area contributed by atoms with Crippen molar-refractivity contribution in [1.82, 2.24) is 5.32 Å². The van der Waals surface area contributed by atoms with Gasteiger partial charge in [0.1, 0.15) is 17.1 Å². The fourth-order valence-corrected chi connectivity index (χ4v) is 6.02. The molecule has 36 heavy (non-hydrogen) atoms. The van der Waals surface area contributed by atoms with Crippen molar-refractivity contribution in [3.63, 3.8) is 0 Å². The average molecular weight is 498 g/mol. The Morgan fingerprint density at radius 1 is 1.14 bits per heavy atom. The van der Waals surface area contributed by atoms with Crippen molar-refractivity contribution in [2.45, 2.75) is 69.9 Å². The second-order valence-electron chi connectivity index (χ2n) is 9.99. The molecular weight excluding hydrogens is 462 g/mol. The first-order valence-electron chi connectivity index (χ1n) is 12.6. The van der Waals surface area contributed by atoms with E-state index in [2.05, 4.69) is 17.4 Å². The zero-order valence-electron chi connectivity index (χ0n) is 20.9. The molecule has 0 amide bonds. The summed E-state index contributed by atoms with van der Waals surface area (Å²) in [5, 5.41) is 21.1. The van der Waals surface area contributed by atoms with E-state index in [1.54, 1.807) is 26.0 Å². The minimum Gasteiger partial charge on any atom is -0.507 e. The fourth-order valence-electron chi connectivity index (χ4n) is 6.02. The van der Waals surface area contributed by atoms with Gasteiger partial charge in [-0.05, 0) is 87.4 Å². The number of phenols is 1. The second kappa shape index (κ2) is 11.2. The predicted octanol–water partition coefficient (Wildman–Crippen LogP) is 5.02. The Morgan fingerprint density at radius 2 is 1.94 bits per heavy atom. The van der Waals surface area contributed by atoms with E-state index >= 15 is 0 Å². The Kier molecular flexibility index (Phi) is 8.04. The number of aromatic hydroxyl groups is 1. The Bertz CT molecular complexity index is 1080. The van der Waals surface area contributed by atoms with Crippen LogP contribution in [0.5, 0.6) is 11.5 Å². The number of aromatic carboxylic acids is 1. The van der Waals surface area contributed by atoms with E-state index in [4.69, 9.17) is 24.4 Å². The van der Waals surface area contributed by atoms with Crippen LogP contribution in [0.1, 0.15) is 67.4 Å². The van der Waals surface area contributed by atoms with Gasteiger partial charge in [0.25, 0.3) is 0 Å². The molecule has 0 radical (unpaired) electrons. The van der Waals surface area contributed by atoms with Crippen LogP contribution in [0.3, 0.4) is 0 Å².